The molecule has 1 aliphatic heterocycles. The van der Waals surface area contributed by atoms with Gasteiger partial charge in [0.05, 0.1) is 0 Å². The van der Waals surface area contributed by atoms with Gasteiger partial charge in [0.2, 0.25) is 5.91 Å². The quantitative estimate of drug-likeness (QED) is 0.639. The second kappa shape index (κ2) is 5.16. The number of hydrogen-bond donors (Lipinski definition) is 3. The molecule has 5 heteroatoms. The molecule has 1 aromatic carbocycles. The fourth-order valence-corrected chi connectivity index (χ4v) is 1.85. The van der Waals surface area contributed by atoms with Crippen LogP contribution in [0, 0.1) is 0 Å². The minimum Gasteiger partial charge on any atom is -0.488 e. The summed E-state index contributed by atoms with van der Waals surface area (Å²) in [6.07, 6.45) is -0.248. The lowest BCUT2D eigenvalue weighted by Crippen LogP contribution is -2.40. The maximum Gasteiger partial charge on any atom is 0.247 e. The summed E-state index contributed by atoms with van der Waals surface area (Å²) in [6.45, 7) is 0.741. The molecule has 0 saturated heterocycles. The van der Waals surface area contributed by atoms with Gasteiger partial charge < -0.3 is 20.9 Å². The Hall–Kier alpha value is -1.59. The van der Waals surface area contributed by atoms with E-state index >= 15 is 0 Å². The molecule has 1 aromatic rings. The van der Waals surface area contributed by atoms with E-state index < -0.39 is 12.0 Å². The molecule has 0 aromatic heterocycles. The topological polar surface area (TPSA) is 84.6 Å². The Morgan fingerprint density at radius 3 is 3.06 bits per heavy atom. The van der Waals surface area contributed by atoms with E-state index in [4.69, 9.17) is 10.5 Å². The third-order valence-corrected chi connectivity index (χ3v) is 2.75. The first kappa shape index (κ1) is 11.9. The fraction of sp³-hybridized carbons (Fsp3) is 0.417. The number of amides is 1. The Labute approximate surface area is 99.6 Å². The third-order valence-electron chi connectivity index (χ3n) is 2.75. The number of nitrogens with two attached hydrogens (primary N) is 1. The lowest BCUT2D eigenvalue weighted by atomic mass is 10.1. The summed E-state index contributed by atoms with van der Waals surface area (Å²) in [5.74, 6) is 0.197. The summed E-state index contributed by atoms with van der Waals surface area (Å²) in [5.41, 5.74) is 6.13. The number of carbonyl (C=O) groups excluding carboxylic acids is 1. The van der Waals surface area contributed by atoms with Gasteiger partial charge in [-0.2, -0.15) is 0 Å². The van der Waals surface area contributed by atoms with Crippen molar-refractivity contribution in [3.8, 4) is 5.75 Å². The summed E-state index contributed by atoms with van der Waals surface area (Å²) in [5, 5.41) is 12.2. The molecule has 0 bridgehead atoms. The molecular formula is C12H16N2O3. The van der Waals surface area contributed by atoms with Crippen LogP contribution in [0.15, 0.2) is 24.3 Å². The Morgan fingerprint density at radius 2 is 2.35 bits per heavy atom. The first-order chi connectivity index (χ1) is 8.16. The zero-order valence-corrected chi connectivity index (χ0v) is 9.43. The number of nitrogens with one attached hydrogen (secondary N) is 1. The van der Waals surface area contributed by atoms with Crippen LogP contribution in [0.3, 0.4) is 0 Å². The summed E-state index contributed by atoms with van der Waals surface area (Å²) < 4.78 is 5.69. The van der Waals surface area contributed by atoms with Gasteiger partial charge in [0, 0.05) is 19.5 Å². The number of aliphatic hydroxyl groups is 1. The van der Waals surface area contributed by atoms with E-state index in [0.29, 0.717) is 6.54 Å². The number of ether oxygens (including phenoxy) is 1. The van der Waals surface area contributed by atoms with Crippen LogP contribution in [0.2, 0.25) is 0 Å². The van der Waals surface area contributed by atoms with Gasteiger partial charge in [0.15, 0.2) is 0 Å². The van der Waals surface area contributed by atoms with E-state index in [0.717, 1.165) is 12.2 Å². The van der Waals surface area contributed by atoms with Crippen LogP contribution in [0.1, 0.15) is 5.56 Å². The van der Waals surface area contributed by atoms with Gasteiger partial charge in [-0.3, -0.25) is 4.79 Å². The van der Waals surface area contributed by atoms with Crippen LogP contribution >= 0.6 is 0 Å². The molecule has 0 spiro atoms. The van der Waals surface area contributed by atoms with Gasteiger partial charge in [0.25, 0.3) is 0 Å². The molecule has 2 atom stereocenters. The zero-order chi connectivity index (χ0) is 12.3. The molecule has 1 amide bonds. The lowest BCUT2D eigenvalue weighted by molar-refractivity contribution is -0.125. The minimum absolute atomic E-state index is 0.0486. The highest BCUT2D eigenvalue weighted by atomic mass is 16.5. The van der Waals surface area contributed by atoms with E-state index in [9.17, 15) is 9.90 Å². The number of rotatable bonds is 5. The normalized spacial score (nSPS) is 19.5. The number of hydrogen-bond acceptors (Lipinski definition) is 4. The molecule has 1 aliphatic rings. The molecule has 4 N–H and O–H groups in total. The number of carbonyl (C=O) groups is 1. The summed E-state index contributed by atoms with van der Waals surface area (Å²) in [4.78, 5) is 10.6. The van der Waals surface area contributed by atoms with Crippen LogP contribution in [-0.4, -0.2) is 36.3 Å². The zero-order valence-electron chi connectivity index (χ0n) is 9.43. The van der Waals surface area contributed by atoms with E-state index in [1.54, 1.807) is 0 Å². The van der Waals surface area contributed by atoms with Gasteiger partial charge in [-0.25, -0.2) is 0 Å². The predicted octanol–water partition coefficient (Wildman–Crippen LogP) is -0.574. The molecular weight excluding hydrogens is 220 g/mol. The van der Waals surface area contributed by atoms with Crippen molar-refractivity contribution in [2.45, 2.75) is 18.6 Å². The van der Waals surface area contributed by atoms with Gasteiger partial charge in [0.1, 0.15) is 18.0 Å². The highest BCUT2D eigenvalue weighted by Gasteiger charge is 2.22. The van der Waals surface area contributed by atoms with Crippen LogP contribution in [0.4, 0.5) is 0 Å². The van der Waals surface area contributed by atoms with Crippen molar-refractivity contribution < 1.29 is 14.6 Å². The first-order valence-corrected chi connectivity index (χ1v) is 5.59. The van der Waals surface area contributed by atoms with E-state index in [2.05, 4.69) is 5.32 Å². The average Bonchev–Trinajstić information content (AvgIpc) is 2.71. The molecule has 2 unspecified atom stereocenters. The number of primary amides is 1. The predicted molar refractivity (Wildman–Crippen MR) is 62.6 cm³/mol. The highest BCUT2D eigenvalue weighted by Crippen LogP contribution is 2.27. The largest absolute Gasteiger partial charge is 0.488 e. The lowest BCUT2D eigenvalue weighted by Gasteiger charge is -2.13. The van der Waals surface area contributed by atoms with Gasteiger partial charge in [-0.15, -0.1) is 0 Å². The third kappa shape index (κ3) is 2.95. The maximum absolute atomic E-state index is 10.6. The van der Waals surface area contributed by atoms with Crippen molar-refractivity contribution in [1.82, 2.24) is 5.32 Å². The van der Waals surface area contributed by atoms with Crippen LogP contribution in [-0.2, 0) is 11.2 Å². The Morgan fingerprint density at radius 1 is 1.59 bits per heavy atom. The Balaban J connectivity index is 1.75. The molecule has 0 aliphatic carbocycles. The molecule has 0 radical (unpaired) electrons. The molecule has 2 rings (SSSR count). The number of benzene rings is 1. The molecule has 0 fully saturated rings. The van der Waals surface area contributed by atoms with Crippen LogP contribution in [0.25, 0.3) is 0 Å². The summed E-state index contributed by atoms with van der Waals surface area (Å²) in [6, 6.07) is 7.89. The summed E-state index contributed by atoms with van der Waals surface area (Å²) >= 11 is 0. The molecule has 0 saturated carbocycles. The monoisotopic (exact) mass is 236 g/mol. The molecule has 92 valence electrons. The highest BCUT2D eigenvalue weighted by molar-refractivity contribution is 5.78. The van der Waals surface area contributed by atoms with E-state index in [-0.39, 0.29) is 12.6 Å². The average molecular weight is 236 g/mol. The van der Waals surface area contributed by atoms with Crippen molar-refractivity contribution in [3.05, 3.63) is 29.8 Å². The van der Waals surface area contributed by atoms with Crippen molar-refractivity contribution in [1.29, 1.82) is 0 Å². The van der Waals surface area contributed by atoms with Crippen molar-refractivity contribution in [2.75, 3.05) is 13.1 Å². The van der Waals surface area contributed by atoms with Crippen molar-refractivity contribution in [3.63, 3.8) is 0 Å². The van der Waals surface area contributed by atoms with Gasteiger partial charge >= 0.3 is 0 Å². The second-order valence-electron chi connectivity index (χ2n) is 4.13. The maximum atomic E-state index is 10.6. The van der Waals surface area contributed by atoms with Crippen LogP contribution < -0.4 is 15.8 Å². The van der Waals surface area contributed by atoms with Crippen molar-refractivity contribution in [2.24, 2.45) is 5.73 Å². The Kier molecular flexibility index (Phi) is 3.61. The smallest absolute Gasteiger partial charge is 0.247 e. The first-order valence-electron chi connectivity index (χ1n) is 5.59. The minimum atomic E-state index is -1.14. The summed E-state index contributed by atoms with van der Waals surface area (Å²) in [7, 11) is 0. The SMILES string of the molecule is NC(=O)C(O)CNCC1Cc2ccccc2O1. The van der Waals surface area contributed by atoms with Crippen molar-refractivity contribution >= 4 is 5.91 Å². The number of fused-ring (bicyclic) bond motifs is 1. The standard InChI is InChI=1S/C12H16N2O3/c13-12(16)10(15)7-14-6-9-5-8-3-1-2-4-11(8)17-9/h1-4,9-10,14-15H,5-7H2,(H2,13,16). The number of aliphatic hydroxyl groups excluding tert-OH is 1. The molecule has 1 heterocycles. The fourth-order valence-electron chi connectivity index (χ4n) is 1.85. The van der Waals surface area contributed by atoms with Crippen LogP contribution in [0.5, 0.6) is 5.75 Å². The number of para-hydroxylation sites is 1. The molecule has 5 nitrogen and oxygen atoms in total. The Bertz CT molecular complexity index is 383. The van der Waals surface area contributed by atoms with E-state index in [1.165, 1.54) is 5.56 Å². The second-order valence-corrected chi connectivity index (χ2v) is 4.13. The van der Waals surface area contributed by atoms with Gasteiger partial charge in [-0.05, 0) is 11.6 Å². The van der Waals surface area contributed by atoms with E-state index in [1.807, 2.05) is 24.3 Å². The molecule has 17 heavy (non-hydrogen) atoms. The van der Waals surface area contributed by atoms with Gasteiger partial charge in [-0.1, -0.05) is 18.2 Å².